The molecule has 120 valence electrons. The van der Waals surface area contributed by atoms with E-state index in [-0.39, 0.29) is 18.6 Å². The Hall–Kier alpha value is -1.27. The van der Waals surface area contributed by atoms with E-state index >= 15 is 0 Å². The van der Waals surface area contributed by atoms with Crippen LogP contribution >= 0.6 is 22.9 Å². The molecule has 0 radical (unpaired) electrons. The molecule has 7 heteroatoms. The van der Waals surface area contributed by atoms with Gasteiger partial charge in [0.1, 0.15) is 0 Å². The number of nitrogens with zero attached hydrogens (tertiary/aromatic N) is 1. The van der Waals surface area contributed by atoms with Crippen molar-refractivity contribution in [3.05, 3.63) is 20.8 Å². The Morgan fingerprint density at radius 1 is 1.55 bits per heavy atom. The second-order valence-corrected chi connectivity index (χ2v) is 8.13. The number of carboxylic acid groups (broad SMARTS) is 1. The van der Waals surface area contributed by atoms with Crippen molar-refractivity contribution >= 4 is 34.9 Å². The van der Waals surface area contributed by atoms with E-state index in [1.54, 1.807) is 23.2 Å². The average Bonchev–Trinajstić information content (AvgIpc) is 3.03. The molecule has 1 aliphatic carbocycles. The molecular formula is C15H19ClN2O3S. The van der Waals surface area contributed by atoms with Gasteiger partial charge < -0.3 is 15.3 Å². The van der Waals surface area contributed by atoms with Gasteiger partial charge in [0.05, 0.1) is 15.8 Å². The number of hydrogen-bond acceptors (Lipinski definition) is 3. The molecule has 0 bridgehead atoms. The van der Waals surface area contributed by atoms with E-state index in [2.05, 4.69) is 5.32 Å². The summed E-state index contributed by atoms with van der Waals surface area (Å²) >= 11 is 7.66. The van der Waals surface area contributed by atoms with Crippen LogP contribution in [0.1, 0.15) is 42.7 Å². The lowest BCUT2D eigenvalue weighted by molar-refractivity contribution is -0.146. The molecule has 1 aromatic rings. The smallest absolute Gasteiger partial charge is 0.317 e. The number of nitrogens with one attached hydrogen (secondary N) is 1. The van der Waals surface area contributed by atoms with Crippen molar-refractivity contribution in [2.45, 2.75) is 38.6 Å². The average molecular weight is 343 g/mol. The molecular weight excluding hydrogens is 324 g/mol. The minimum Gasteiger partial charge on any atom is -0.481 e. The summed E-state index contributed by atoms with van der Waals surface area (Å²) in [5.41, 5.74) is 0.288. The van der Waals surface area contributed by atoms with Crippen LogP contribution in [-0.2, 0) is 11.2 Å². The zero-order chi connectivity index (χ0) is 15.9. The molecule has 0 saturated carbocycles. The molecule has 1 aliphatic heterocycles. The van der Waals surface area contributed by atoms with Crippen LogP contribution in [0.15, 0.2) is 6.07 Å². The van der Waals surface area contributed by atoms with E-state index in [1.165, 1.54) is 4.88 Å². The molecule has 2 aliphatic rings. The fourth-order valence-electron chi connectivity index (χ4n) is 3.22. The number of amides is 2. The molecule has 1 aromatic heterocycles. The number of urea groups is 1. The van der Waals surface area contributed by atoms with E-state index in [1.807, 2.05) is 6.07 Å². The molecule has 0 spiro atoms. The minimum atomic E-state index is -0.840. The van der Waals surface area contributed by atoms with Crippen molar-refractivity contribution in [2.24, 2.45) is 5.41 Å². The summed E-state index contributed by atoms with van der Waals surface area (Å²) in [6.07, 6.45) is 3.44. The highest BCUT2D eigenvalue weighted by atomic mass is 35.5. The molecule has 22 heavy (non-hydrogen) atoms. The molecule has 2 amide bonds. The van der Waals surface area contributed by atoms with E-state index in [9.17, 15) is 14.7 Å². The molecule has 0 aromatic carbocycles. The maximum Gasteiger partial charge on any atom is 0.317 e. The molecule has 2 N–H and O–H groups in total. The number of thiophene rings is 1. The monoisotopic (exact) mass is 342 g/mol. The van der Waals surface area contributed by atoms with Crippen molar-refractivity contribution in [1.82, 2.24) is 10.2 Å². The summed E-state index contributed by atoms with van der Waals surface area (Å²) in [6, 6.07) is 1.75. The largest absolute Gasteiger partial charge is 0.481 e. The molecule has 2 heterocycles. The molecule has 3 rings (SSSR count). The lowest BCUT2D eigenvalue weighted by atomic mass is 9.90. The SMILES string of the molecule is CC1(C(=O)O)CCN(C(=O)NC2CCCc3sc(Cl)cc32)C1. The van der Waals surface area contributed by atoms with Gasteiger partial charge in [0.2, 0.25) is 0 Å². The molecule has 1 fully saturated rings. The number of rotatable bonds is 2. The minimum absolute atomic E-state index is 0.0170. The van der Waals surface area contributed by atoms with Crippen molar-refractivity contribution in [3.63, 3.8) is 0 Å². The first-order valence-electron chi connectivity index (χ1n) is 7.46. The van der Waals surface area contributed by atoms with Crippen molar-refractivity contribution in [2.75, 3.05) is 13.1 Å². The lowest BCUT2D eigenvalue weighted by Crippen LogP contribution is -2.42. The summed E-state index contributed by atoms with van der Waals surface area (Å²) in [5, 5.41) is 12.3. The number of aryl methyl sites for hydroxylation is 1. The van der Waals surface area contributed by atoms with Gasteiger partial charge in [0, 0.05) is 18.0 Å². The third-order valence-electron chi connectivity index (χ3n) is 4.66. The first-order valence-corrected chi connectivity index (χ1v) is 8.65. The number of likely N-dealkylation sites (tertiary alicyclic amines) is 1. The van der Waals surface area contributed by atoms with Crippen LogP contribution < -0.4 is 5.32 Å². The Labute approximate surface area is 138 Å². The normalized spacial score (nSPS) is 27.5. The molecule has 2 unspecified atom stereocenters. The van der Waals surface area contributed by atoms with Crippen molar-refractivity contribution in [1.29, 1.82) is 0 Å². The zero-order valence-corrected chi connectivity index (χ0v) is 14.0. The summed E-state index contributed by atoms with van der Waals surface area (Å²) in [4.78, 5) is 26.6. The van der Waals surface area contributed by atoms with Crippen LogP contribution in [0.3, 0.4) is 0 Å². The van der Waals surface area contributed by atoms with Crippen molar-refractivity contribution in [3.8, 4) is 0 Å². The second kappa shape index (κ2) is 5.74. The van der Waals surface area contributed by atoms with E-state index in [0.717, 1.165) is 29.2 Å². The van der Waals surface area contributed by atoms with Crippen LogP contribution in [0.2, 0.25) is 4.34 Å². The fourth-order valence-corrected chi connectivity index (χ4v) is 4.60. The zero-order valence-electron chi connectivity index (χ0n) is 12.4. The topological polar surface area (TPSA) is 69.6 Å². The third-order valence-corrected chi connectivity index (χ3v) is 6.00. The van der Waals surface area contributed by atoms with Crippen LogP contribution in [0.25, 0.3) is 0 Å². The van der Waals surface area contributed by atoms with E-state index in [0.29, 0.717) is 13.0 Å². The standard InChI is InChI=1S/C15H19ClN2O3S/c1-15(13(19)20)5-6-18(8-15)14(21)17-10-3-2-4-11-9(10)7-12(16)22-11/h7,10H,2-6,8H2,1H3,(H,17,21)(H,19,20). The number of carbonyl (C=O) groups is 2. The maximum absolute atomic E-state index is 12.4. The van der Waals surface area contributed by atoms with Gasteiger partial charge in [-0.15, -0.1) is 11.3 Å². The Balaban J connectivity index is 1.67. The fraction of sp³-hybridized carbons (Fsp3) is 0.600. The van der Waals surface area contributed by atoms with Gasteiger partial charge in [-0.25, -0.2) is 4.79 Å². The predicted molar refractivity (Wildman–Crippen MR) is 85.5 cm³/mol. The summed E-state index contributed by atoms with van der Waals surface area (Å²) in [5.74, 6) is -0.840. The molecule has 5 nitrogen and oxygen atoms in total. The Morgan fingerprint density at radius 3 is 3.00 bits per heavy atom. The highest BCUT2D eigenvalue weighted by Gasteiger charge is 2.42. The van der Waals surface area contributed by atoms with Gasteiger partial charge in [-0.2, -0.15) is 0 Å². The Morgan fingerprint density at radius 2 is 2.32 bits per heavy atom. The number of carbonyl (C=O) groups excluding carboxylic acids is 1. The molecule has 1 saturated heterocycles. The van der Waals surface area contributed by atoms with Gasteiger partial charge >= 0.3 is 12.0 Å². The molecule has 2 atom stereocenters. The van der Waals surface area contributed by atoms with E-state index < -0.39 is 11.4 Å². The van der Waals surface area contributed by atoms with Gasteiger partial charge in [0.15, 0.2) is 0 Å². The van der Waals surface area contributed by atoms with E-state index in [4.69, 9.17) is 11.6 Å². The number of carboxylic acids is 1. The van der Waals surface area contributed by atoms with Gasteiger partial charge in [-0.3, -0.25) is 4.79 Å². The Bertz CT molecular complexity index is 618. The summed E-state index contributed by atoms with van der Waals surface area (Å²) < 4.78 is 0.755. The van der Waals surface area contributed by atoms with Gasteiger partial charge in [-0.05, 0) is 44.2 Å². The summed E-state index contributed by atoms with van der Waals surface area (Å²) in [7, 11) is 0. The van der Waals surface area contributed by atoms with Gasteiger partial charge in [0.25, 0.3) is 0 Å². The highest BCUT2D eigenvalue weighted by Crippen LogP contribution is 2.38. The lowest BCUT2D eigenvalue weighted by Gasteiger charge is -2.27. The third kappa shape index (κ3) is 2.82. The number of aliphatic carboxylic acids is 1. The number of hydrogen-bond donors (Lipinski definition) is 2. The second-order valence-electron chi connectivity index (χ2n) is 6.36. The van der Waals surface area contributed by atoms with Crippen LogP contribution in [0, 0.1) is 5.41 Å². The predicted octanol–water partition coefficient (Wildman–Crippen LogP) is 3.29. The quantitative estimate of drug-likeness (QED) is 0.866. The number of fused-ring (bicyclic) bond motifs is 1. The first kappa shape index (κ1) is 15.6. The van der Waals surface area contributed by atoms with Crippen LogP contribution in [-0.4, -0.2) is 35.1 Å². The van der Waals surface area contributed by atoms with Crippen molar-refractivity contribution < 1.29 is 14.7 Å². The van der Waals surface area contributed by atoms with Crippen LogP contribution in [0.4, 0.5) is 4.79 Å². The highest BCUT2D eigenvalue weighted by molar-refractivity contribution is 7.16. The summed E-state index contributed by atoms with van der Waals surface area (Å²) in [6.45, 7) is 2.44. The van der Waals surface area contributed by atoms with Crippen LogP contribution in [0.5, 0.6) is 0 Å². The Kier molecular flexibility index (Phi) is 4.07. The number of halogens is 1. The first-order chi connectivity index (χ1) is 10.4. The maximum atomic E-state index is 12.4. The van der Waals surface area contributed by atoms with Gasteiger partial charge in [-0.1, -0.05) is 11.6 Å².